The van der Waals surface area contributed by atoms with Gasteiger partial charge in [0.25, 0.3) is 5.91 Å². The minimum absolute atomic E-state index is 0.202. The molecule has 1 aromatic carbocycles. The monoisotopic (exact) mass is 414 g/mol. The predicted octanol–water partition coefficient (Wildman–Crippen LogP) is 3.54. The molecule has 3 heterocycles. The molecule has 0 radical (unpaired) electrons. The number of hydrogen-bond acceptors (Lipinski definition) is 6. The number of nitrogens with zero attached hydrogens (tertiary/aromatic N) is 2. The third kappa shape index (κ3) is 4.45. The number of anilines is 2. The number of carbonyl (C=O) groups is 2. The molecule has 2 N–H and O–H groups in total. The molecule has 0 saturated carbocycles. The Kier molecular flexibility index (Phi) is 5.57. The molecule has 2 aromatic heterocycles. The van der Waals surface area contributed by atoms with Gasteiger partial charge in [0.15, 0.2) is 5.13 Å². The van der Waals surface area contributed by atoms with E-state index in [1.54, 1.807) is 40.8 Å². The summed E-state index contributed by atoms with van der Waals surface area (Å²) in [5, 5.41) is 8.05. The van der Waals surface area contributed by atoms with E-state index in [1.807, 2.05) is 0 Å². The summed E-state index contributed by atoms with van der Waals surface area (Å²) in [6.07, 6.45) is 2.92. The molecule has 150 valence electrons. The first-order valence-electron chi connectivity index (χ1n) is 9.19. The van der Waals surface area contributed by atoms with Gasteiger partial charge in [-0.3, -0.25) is 9.59 Å². The Hall–Kier alpha value is -3.20. The third-order valence-electron chi connectivity index (χ3n) is 4.65. The summed E-state index contributed by atoms with van der Waals surface area (Å²) >= 11 is 1.28. The molecule has 3 aromatic rings. The molecule has 0 bridgehead atoms. The Bertz CT molecular complexity index is 988. The highest BCUT2D eigenvalue weighted by molar-refractivity contribution is 7.14. The lowest BCUT2D eigenvalue weighted by molar-refractivity contribution is -0.125. The van der Waals surface area contributed by atoms with Crippen LogP contribution in [0.25, 0.3) is 0 Å². The van der Waals surface area contributed by atoms with Crippen LogP contribution in [-0.4, -0.2) is 34.3 Å². The zero-order chi connectivity index (χ0) is 20.2. The lowest BCUT2D eigenvalue weighted by Crippen LogP contribution is -2.45. The minimum atomic E-state index is -0.521. The zero-order valence-electron chi connectivity index (χ0n) is 15.4. The van der Waals surface area contributed by atoms with Gasteiger partial charge in [0.2, 0.25) is 5.91 Å². The molecule has 1 saturated heterocycles. The van der Waals surface area contributed by atoms with Gasteiger partial charge in [0.1, 0.15) is 23.3 Å². The van der Waals surface area contributed by atoms with Crippen LogP contribution >= 0.6 is 11.3 Å². The van der Waals surface area contributed by atoms with Crippen molar-refractivity contribution in [3.8, 4) is 0 Å². The van der Waals surface area contributed by atoms with Crippen LogP contribution in [0.15, 0.2) is 52.5 Å². The normalized spacial score (nSPS) is 16.0. The van der Waals surface area contributed by atoms with Gasteiger partial charge in [-0.25, -0.2) is 9.37 Å². The third-order valence-corrected chi connectivity index (χ3v) is 5.41. The molecule has 2 amide bonds. The van der Waals surface area contributed by atoms with Crippen molar-refractivity contribution in [2.75, 3.05) is 11.9 Å². The topological polar surface area (TPSA) is 87.5 Å². The van der Waals surface area contributed by atoms with Crippen LogP contribution in [0.5, 0.6) is 0 Å². The van der Waals surface area contributed by atoms with Crippen LogP contribution in [0.2, 0.25) is 0 Å². The number of aromatic nitrogens is 1. The van der Waals surface area contributed by atoms with E-state index >= 15 is 0 Å². The van der Waals surface area contributed by atoms with E-state index < -0.39 is 6.04 Å². The van der Waals surface area contributed by atoms with Gasteiger partial charge < -0.3 is 20.0 Å². The van der Waals surface area contributed by atoms with E-state index in [-0.39, 0.29) is 29.9 Å². The number of hydrogen-bond donors (Lipinski definition) is 2. The lowest BCUT2D eigenvalue weighted by Gasteiger charge is -2.23. The molecule has 1 atom stereocenters. The van der Waals surface area contributed by atoms with Crippen LogP contribution in [0.1, 0.15) is 29.1 Å². The number of halogens is 1. The number of amides is 2. The van der Waals surface area contributed by atoms with E-state index in [0.29, 0.717) is 29.5 Å². The second-order valence-electron chi connectivity index (χ2n) is 6.62. The van der Waals surface area contributed by atoms with Crippen molar-refractivity contribution in [3.05, 3.63) is 65.3 Å². The molecule has 1 aliphatic rings. The van der Waals surface area contributed by atoms with Crippen LogP contribution < -0.4 is 10.6 Å². The number of rotatable bonds is 6. The summed E-state index contributed by atoms with van der Waals surface area (Å²) in [5.41, 5.74) is 0.960. The summed E-state index contributed by atoms with van der Waals surface area (Å²) in [6, 6.07) is 8.90. The molecule has 0 spiro atoms. The largest absolute Gasteiger partial charge is 0.467 e. The van der Waals surface area contributed by atoms with Crippen molar-refractivity contribution >= 4 is 34.0 Å². The molecule has 9 heteroatoms. The zero-order valence-corrected chi connectivity index (χ0v) is 16.2. The van der Waals surface area contributed by atoms with E-state index in [1.165, 1.54) is 23.5 Å². The second-order valence-corrected chi connectivity index (χ2v) is 7.48. The molecule has 1 fully saturated rings. The van der Waals surface area contributed by atoms with Gasteiger partial charge in [0.05, 0.1) is 12.8 Å². The van der Waals surface area contributed by atoms with Crippen molar-refractivity contribution < 1.29 is 18.4 Å². The Balaban J connectivity index is 1.39. The fourth-order valence-corrected chi connectivity index (χ4v) is 3.93. The first kappa shape index (κ1) is 19.1. The van der Waals surface area contributed by atoms with Crippen LogP contribution in [0.4, 0.5) is 15.2 Å². The maximum atomic E-state index is 13.0. The molecular weight excluding hydrogens is 395 g/mol. The average Bonchev–Trinajstić information content (AvgIpc) is 3.48. The fourth-order valence-electron chi connectivity index (χ4n) is 3.22. The van der Waals surface area contributed by atoms with Gasteiger partial charge in [-0.15, -0.1) is 11.3 Å². The SMILES string of the molecule is O=C(NCc1ccco1)C1CCCN1C(=O)c1csc(Nc2ccc(F)cc2)n1. The molecule has 1 aliphatic heterocycles. The highest BCUT2D eigenvalue weighted by Gasteiger charge is 2.35. The van der Waals surface area contributed by atoms with E-state index in [2.05, 4.69) is 15.6 Å². The lowest BCUT2D eigenvalue weighted by atomic mass is 10.2. The first-order chi connectivity index (χ1) is 14.1. The standard InChI is InChI=1S/C20H19FN4O3S/c21-13-5-7-14(8-6-13)23-20-24-16(12-29-20)19(27)25-9-1-4-17(25)18(26)22-11-15-3-2-10-28-15/h2-3,5-8,10,12,17H,1,4,9,11H2,(H,22,26)(H,23,24). The quantitative estimate of drug-likeness (QED) is 0.644. The molecule has 29 heavy (non-hydrogen) atoms. The number of likely N-dealkylation sites (tertiary alicyclic amines) is 1. The van der Waals surface area contributed by atoms with Crippen molar-refractivity contribution in [3.63, 3.8) is 0 Å². The molecule has 7 nitrogen and oxygen atoms in total. The predicted molar refractivity (Wildman–Crippen MR) is 106 cm³/mol. The van der Waals surface area contributed by atoms with Crippen LogP contribution in [-0.2, 0) is 11.3 Å². The van der Waals surface area contributed by atoms with Crippen molar-refractivity contribution in [1.82, 2.24) is 15.2 Å². The number of carbonyl (C=O) groups excluding carboxylic acids is 2. The smallest absolute Gasteiger partial charge is 0.274 e. The van der Waals surface area contributed by atoms with Crippen LogP contribution in [0, 0.1) is 5.82 Å². The Morgan fingerprint density at radius 2 is 2.10 bits per heavy atom. The van der Waals surface area contributed by atoms with E-state index in [9.17, 15) is 14.0 Å². The minimum Gasteiger partial charge on any atom is -0.467 e. The number of furan rings is 1. The van der Waals surface area contributed by atoms with Crippen molar-refractivity contribution in [1.29, 1.82) is 0 Å². The maximum absolute atomic E-state index is 13.0. The Labute approximate surface area is 170 Å². The summed E-state index contributed by atoms with van der Waals surface area (Å²) < 4.78 is 18.2. The van der Waals surface area contributed by atoms with Gasteiger partial charge in [0, 0.05) is 17.6 Å². The maximum Gasteiger partial charge on any atom is 0.274 e. The van der Waals surface area contributed by atoms with Gasteiger partial charge in [-0.2, -0.15) is 0 Å². The second kappa shape index (κ2) is 8.44. The summed E-state index contributed by atoms with van der Waals surface area (Å²) in [6.45, 7) is 0.794. The molecule has 4 rings (SSSR count). The van der Waals surface area contributed by atoms with Crippen LogP contribution in [0.3, 0.4) is 0 Å². The van der Waals surface area contributed by atoms with E-state index in [4.69, 9.17) is 4.42 Å². The molecular formula is C20H19FN4O3S. The number of thiazole rings is 1. The summed E-state index contributed by atoms with van der Waals surface area (Å²) in [5.74, 6) is -0.141. The Morgan fingerprint density at radius 1 is 1.28 bits per heavy atom. The molecule has 0 aliphatic carbocycles. The number of nitrogens with one attached hydrogen (secondary N) is 2. The van der Waals surface area contributed by atoms with Gasteiger partial charge in [-0.05, 0) is 49.2 Å². The van der Waals surface area contributed by atoms with Gasteiger partial charge >= 0.3 is 0 Å². The van der Waals surface area contributed by atoms with Crippen molar-refractivity contribution in [2.45, 2.75) is 25.4 Å². The van der Waals surface area contributed by atoms with Crippen molar-refractivity contribution in [2.24, 2.45) is 0 Å². The number of benzene rings is 1. The summed E-state index contributed by atoms with van der Waals surface area (Å²) in [7, 11) is 0. The Morgan fingerprint density at radius 3 is 2.86 bits per heavy atom. The average molecular weight is 414 g/mol. The molecule has 1 unspecified atom stereocenters. The first-order valence-corrected chi connectivity index (χ1v) is 10.1. The van der Waals surface area contributed by atoms with Gasteiger partial charge in [-0.1, -0.05) is 0 Å². The fraction of sp³-hybridized carbons (Fsp3) is 0.250. The summed E-state index contributed by atoms with van der Waals surface area (Å²) in [4.78, 5) is 31.3. The highest BCUT2D eigenvalue weighted by atomic mass is 32.1. The highest BCUT2D eigenvalue weighted by Crippen LogP contribution is 2.25. The van der Waals surface area contributed by atoms with E-state index in [0.717, 1.165) is 6.42 Å².